The molecule has 0 radical (unpaired) electrons. The monoisotopic (exact) mass is 381 g/mol. The van der Waals surface area contributed by atoms with Gasteiger partial charge in [0.15, 0.2) is 0 Å². The van der Waals surface area contributed by atoms with Gasteiger partial charge in [0.1, 0.15) is 16.2 Å². The minimum absolute atomic E-state index is 0.143. The number of carbonyl (C=O) groups excluding carboxylic acids is 2. The SMILES string of the molecule is COC(=O)C(SC1=NCCS1)/C(C)=N/NC(=O)OCc1ccccc1. The Morgan fingerprint density at radius 1 is 1.40 bits per heavy atom. The second-order valence-corrected chi connectivity index (χ2v) is 7.38. The zero-order chi connectivity index (χ0) is 18.1. The third kappa shape index (κ3) is 6.43. The lowest BCUT2D eigenvalue weighted by Gasteiger charge is -2.13. The molecule has 1 amide bonds. The molecule has 0 saturated carbocycles. The third-order valence-corrected chi connectivity index (χ3v) is 5.61. The number of hydrogen-bond donors (Lipinski definition) is 1. The fraction of sp³-hybridized carbons (Fsp3) is 0.375. The first-order valence-corrected chi connectivity index (χ1v) is 9.39. The van der Waals surface area contributed by atoms with Crippen LogP contribution in [0.25, 0.3) is 0 Å². The van der Waals surface area contributed by atoms with Crippen molar-refractivity contribution in [2.24, 2.45) is 10.1 Å². The topological polar surface area (TPSA) is 89.4 Å². The van der Waals surface area contributed by atoms with Crippen LogP contribution in [0.4, 0.5) is 4.79 Å². The first kappa shape index (κ1) is 19.3. The summed E-state index contributed by atoms with van der Waals surface area (Å²) in [5.74, 6) is 0.456. The first-order valence-electron chi connectivity index (χ1n) is 7.52. The summed E-state index contributed by atoms with van der Waals surface area (Å²) in [5, 5.41) is 3.29. The number of nitrogens with one attached hydrogen (secondary N) is 1. The van der Waals surface area contributed by atoms with Crippen LogP contribution in [0.2, 0.25) is 0 Å². The maximum absolute atomic E-state index is 12.0. The Kier molecular flexibility index (Phi) is 7.80. The maximum Gasteiger partial charge on any atom is 0.428 e. The first-order chi connectivity index (χ1) is 12.1. The van der Waals surface area contributed by atoms with E-state index in [-0.39, 0.29) is 6.61 Å². The number of esters is 1. The van der Waals surface area contributed by atoms with Gasteiger partial charge in [-0.05, 0) is 12.5 Å². The van der Waals surface area contributed by atoms with E-state index < -0.39 is 17.3 Å². The number of hydrogen-bond acceptors (Lipinski definition) is 8. The fourth-order valence-electron chi connectivity index (χ4n) is 1.85. The number of ether oxygens (including phenoxy) is 2. The quantitative estimate of drug-likeness (QED) is 0.463. The molecule has 9 heteroatoms. The highest BCUT2D eigenvalue weighted by atomic mass is 32.2. The lowest BCUT2D eigenvalue weighted by atomic mass is 10.2. The smallest absolute Gasteiger partial charge is 0.428 e. The van der Waals surface area contributed by atoms with E-state index in [0.717, 1.165) is 22.2 Å². The number of aliphatic imine (C=N–C) groups is 1. The van der Waals surface area contributed by atoms with Crippen molar-refractivity contribution in [2.45, 2.75) is 18.8 Å². The number of amides is 1. The van der Waals surface area contributed by atoms with Crippen molar-refractivity contribution in [2.75, 3.05) is 19.4 Å². The van der Waals surface area contributed by atoms with Crippen LogP contribution in [0, 0.1) is 0 Å². The van der Waals surface area contributed by atoms with Gasteiger partial charge in [-0.3, -0.25) is 9.79 Å². The molecule has 0 aliphatic carbocycles. The normalized spacial score (nSPS) is 15.3. The largest absolute Gasteiger partial charge is 0.468 e. The van der Waals surface area contributed by atoms with Crippen molar-refractivity contribution >= 4 is 45.7 Å². The van der Waals surface area contributed by atoms with Crippen LogP contribution in [0.5, 0.6) is 0 Å². The van der Waals surface area contributed by atoms with Gasteiger partial charge >= 0.3 is 12.1 Å². The number of rotatable bonds is 6. The number of benzene rings is 1. The fourth-order valence-corrected chi connectivity index (χ4v) is 3.98. The molecule has 1 N–H and O–H groups in total. The summed E-state index contributed by atoms with van der Waals surface area (Å²) in [5.41, 5.74) is 3.58. The van der Waals surface area contributed by atoms with Crippen molar-refractivity contribution < 1.29 is 19.1 Å². The van der Waals surface area contributed by atoms with Crippen molar-refractivity contribution in [3.05, 3.63) is 35.9 Å². The van der Waals surface area contributed by atoms with Gasteiger partial charge in [-0.2, -0.15) is 5.10 Å². The van der Waals surface area contributed by atoms with Gasteiger partial charge in [-0.15, -0.1) is 0 Å². The molecule has 0 spiro atoms. The van der Waals surface area contributed by atoms with Gasteiger partial charge in [-0.25, -0.2) is 10.2 Å². The van der Waals surface area contributed by atoms with E-state index in [0.29, 0.717) is 5.71 Å². The number of nitrogens with zero attached hydrogens (tertiary/aromatic N) is 2. The van der Waals surface area contributed by atoms with E-state index in [4.69, 9.17) is 9.47 Å². The molecule has 134 valence electrons. The predicted octanol–water partition coefficient (Wildman–Crippen LogP) is 2.67. The third-order valence-electron chi connectivity index (χ3n) is 3.11. The van der Waals surface area contributed by atoms with Crippen LogP contribution in [-0.2, 0) is 20.9 Å². The highest BCUT2D eigenvalue weighted by Crippen LogP contribution is 2.27. The Morgan fingerprint density at radius 2 is 2.16 bits per heavy atom. The molecule has 0 fully saturated rings. The molecule has 1 aliphatic rings. The Balaban J connectivity index is 1.89. The van der Waals surface area contributed by atoms with Crippen LogP contribution < -0.4 is 5.43 Å². The van der Waals surface area contributed by atoms with Crippen molar-refractivity contribution in [1.29, 1.82) is 0 Å². The zero-order valence-corrected chi connectivity index (χ0v) is 15.6. The van der Waals surface area contributed by atoms with Crippen molar-refractivity contribution in [3.8, 4) is 0 Å². The lowest BCUT2D eigenvalue weighted by molar-refractivity contribution is -0.138. The maximum atomic E-state index is 12.0. The van der Waals surface area contributed by atoms with Gasteiger partial charge in [0.05, 0.1) is 19.4 Å². The number of hydrazone groups is 1. The molecule has 1 heterocycles. The Labute approximate surface area is 154 Å². The molecule has 1 aromatic rings. The molecular formula is C16H19N3O4S2. The van der Waals surface area contributed by atoms with E-state index >= 15 is 0 Å². The van der Waals surface area contributed by atoms with Crippen LogP contribution in [-0.4, -0.2) is 46.8 Å². The van der Waals surface area contributed by atoms with Crippen LogP contribution >= 0.6 is 23.5 Å². The molecule has 0 saturated heterocycles. The van der Waals surface area contributed by atoms with E-state index in [9.17, 15) is 9.59 Å². The van der Waals surface area contributed by atoms with E-state index in [1.807, 2.05) is 30.3 Å². The summed E-state index contributed by atoms with van der Waals surface area (Å²) < 4.78 is 10.7. The molecular weight excluding hydrogens is 362 g/mol. The number of methoxy groups -OCH3 is 1. The Morgan fingerprint density at radius 3 is 2.80 bits per heavy atom. The Hall–Kier alpha value is -2.00. The second-order valence-electron chi connectivity index (χ2n) is 4.94. The van der Waals surface area contributed by atoms with Crippen LogP contribution in [0.15, 0.2) is 40.4 Å². The zero-order valence-electron chi connectivity index (χ0n) is 13.9. The second kappa shape index (κ2) is 10.1. The van der Waals surface area contributed by atoms with Crippen LogP contribution in [0.3, 0.4) is 0 Å². The van der Waals surface area contributed by atoms with E-state index in [1.54, 1.807) is 18.7 Å². The average Bonchev–Trinajstić information content (AvgIpc) is 3.16. The van der Waals surface area contributed by atoms with Gasteiger partial charge in [-0.1, -0.05) is 53.9 Å². The van der Waals surface area contributed by atoms with E-state index in [2.05, 4.69) is 15.5 Å². The highest BCUT2D eigenvalue weighted by Gasteiger charge is 2.27. The Bertz CT molecular complexity index is 665. The molecule has 1 unspecified atom stereocenters. The summed E-state index contributed by atoms with van der Waals surface area (Å²) in [6.07, 6.45) is -0.690. The summed E-state index contributed by atoms with van der Waals surface area (Å²) in [7, 11) is 1.31. The molecule has 1 aliphatic heterocycles. The van der Waals surface area contributed by atoms with Gasteiger partial charge in [0, 0.05) is 5.75 Å². The summed E-state index contributed by atoms with van der Waals surface area (Å²) in [4.78, 5) is 28.0. The molecule has 0 aromatic heterocycles. The molecule has 1 atom stereocenters. The predicted molar refractivity (Wildman–Crippen MR) is 101 cm³/mol. The summed E-state index contributed by atoms with van der Waals surface area (Å²) in [6.45, 7) is 2.53. The van der Waals surface area contributed by atoms with Crippen molar-refractivity contribution in [3.63, 3.8) is 0 Å². The highest BCUT2D eigenvalue weighted by molar-refractivity contribution is 8.39. The number of thioether (sulfide) groups is 2. The lowest BCUT2D eigenvalue weighted by Crippen LogP contribution is -2.30. The summed E-state index contributed by atoms with van der Waals surface area (Å²) in [6, 6.07) is 9.31. The standard InChI is InChI=1S/C16H19N3O4S2/c1-11(13(14(20)22-2)25-16-17-8-9-24-16)18-19-15(21)23-10-12-6-4-3-5-7-12/h3-7,13H,8-10H2,1-2H3,(H,19,21)/b18-11+. The van der Waals surface area contributed by atoms with Gasteiger partial charge in [0.2, 0.25) is 0 Å². The van der Waals surface area contributed by atoms with Gasteiger partial charge in [0.25, 0.3) is 0 Å². The molecule has 7 nitrogen and oxygen atoms in total. The van der Waals surface area contributed by atoms with Crippen molar-refractivity contribution in [1.82, 2.24) is 5.43 Å². The van der Waals surface area contributed by atoms with Gasteiger partial charge < -0.3 is 9.47 Å². The number of carbonyl (C=O) groups is 2. The molecule has 0 bridgehead atoms. The molecule has 25 heavy (non-hydrogen) atoms. The van der Waals surface area contributed by atoms with E-state index in [1.165, 1.54) is 18.9 Å². The average molecular weight is 381 g/mol. The molecule has 1 aromatic carbocycles. The summed E-state index contributed by atoms with van der Waals surface area (Å²) >= 11 is 2.85. The minimum atomic E-state index is -0.690. The van der Waals surface area contributed by atoms with Crippen LogP contribution in [0.1, 0.15) is 12.5 Å². The minimum Gasteiger partial charge on any atom is -0.468 e. The molecule has 2 rings (SSSR count).